The predicted molar refractivity (Wildman–Crippen MR) is 426 cm³/mol. The number of ketones is 2. The Bertz CT molecular complexity index is 1630. The number of unbranched alkanes of at least 4 members (excludes halogenated alkanes) is 42. The van der Waals surface area contributed by atoms with E-state index in [9.17, 15) is 19.2 Å². The van der Waals surface area contributed by atoms with Crippen LogP contribution in [-0.2, 0) is 9.59 Å². The fraction of sp³-hybridized carbons (Fsp3) is 0.909. The lowest BCUT2D eigenvalue weighted by Crippen LogP contribution is -2.36. The number of hydrogen-bond donors (Lipinski definition) is 4. The summed E-state index contributed by atoms with van der Waals surface area (Å²) in [5, 5.41) is 12.1. The van der Waals surface area contributed by atoms with Crippen LogP contribution in [0.1, 0.15) is 472 Å². The van der Waals surface area contributed by atoms with Gasteiger partial charge in [-0.2, -0.15) is 0 Å². The second kappa shape index (κ2) is 83.0. The van der Waals surface area contributed by atoms with Crippen LogP contribution in [0.15, 0.2) is 24.3 Å². The number of Topliss-reactive ketones (excluding diaryl/α,β-unsaturated/α-hetero) is 2. The molecule has 8 nitrogen and oxygen atoms in total. The van der Waals surface area contributed by atoms with Crippen LogP contribution in [0.2, 0.25) is 0 Å². The molecule has 0 aromatic heterocycles. The molecule has 8 heteroatoms. The molecule has 0 fully saturated rings. The molecule has 0 aromatic carbocycles. The second-order valence-corrected chi connectivity index (χ2v) is 30.0. The van der Waals surface area contributed by atoms with Crippen LogP contribution >= 0.6 is 0 Å². The van der Waals surface area contributed by atoms with Gasteiger partial charge in [0.25, 0.3) is 0 Å². The van der Waals surface area contributed by atoms with Crippen LogP contribution in [0.3, 0.4) is 0 Å². The van der Waals surface area contributed by atoms with Crippen LogP contribution in [0.25, 0.3) is 0 Å². The molecule has 568 valence electrons. The summed E-state index contributed by atoms with van der Waals surface area (Å²) in [7, 11) is 0. The smallest absolute Gasteiger partial charge is 0.314 e. The molecule has 3 atom stereocenters. The van der Waals surface area contributed by atoms with Gasteiger partial charge in [-0.1, -0.05) is 362 Å². The second-order valence-electron chi connectivity index (χ2n) is 30.0. The molecule has 0 bridgehead atoms. The monoisotopic (exact) mass is 1350 g/mol. The van der Waals surface area contributed by atoms with Crippen molar-refractivity contribution in [1.82, 2.24) is 21.3 Å². The van der Waals surface area contributed by atoms with Gasteiger partial charge in [0.2, 0.25) is 0 Å². The summed E-state index contributed by atoms with van der Waals surface area (Å²) in [6, 6.07) is -0.0395. The zero-order chi connectivity index (χ0) is 70.2. The quantitative estimate of drug-likeness (QED) is 0.0359. The van der Waals surface area contributed by atoms with E-state index >= 15 is 0 Å². The Kier molecular flexibility index (Phi) is 82.5. The minimum atomic E-state index is -0.0297. The molecule has 4 N–H and O–H groups in total. The molecule has 96 heavy (non-hydrogen) atoms. The number of hydrogen-bond acceptors (Lipinski definition) is 4. The van der Waals surface area contributed by atoms with Gasteiger partial charge in [0.1, 0.15) is 11.6 Å². The number of urea groups is 2. The summed E-state index contributed by atoms with van der Waals surface area (Å²) in [5.74, 6) is 3.60. The number of rotatable bonds is 77. The SMILES string of the molecule is CCCCCCCC/C=C\CCCCCCCCCC(=O)CCCCCCCNC(=O)NCCCC(CC)CCCCCCC(CC)CCCCCCC(CC)CCCCCC.CCCCCCCC/C=C\CCCCCCCCNC(=O)NCCCCCCCC(=O)CCC. The largest absolute Gasteiger partial charge is 0.338 e. The average molecular weight is 1350 g/mol. The minimum absolute atomic E-state index is 0.00980. The third-order valence-corrected chi connectivity index (χ3v) is 20.8. The highest BCUT2D eigenvalue weighted by atomic mass is 16.2. The predicted octanol–water partition coefficient (Wildman–Crippen LogP) is 28.6. The Morgan fingerprint density at radius 3 is 0.698 bits per heavy atom. The molecular weight excluding hydrogens is 1180 g/mol. The topological polar surface area (TPSA) is 116 Å². The van der Waals surface area contributed by atoms with E-state index in [0.29, 0.717) is 11.6 Å². The van der Waals surface area contributed by atoms with E-state index < -0.39 is 0 Å². The van der Waals surface area contributed by atoms with E-state index in [0.717, 1.165) is 160 Å². The van der Waals surface area contributed by atoms with Gasteiger partial charge in [-0.05, 0) is 127 Å². The number of nitrogens with one attached hydrogen (secondary N) is 4. The summed E-state index contributed by atoms with van der Waals surface area (Å²) >= 11 is 0. The summed E-state index contributed by atoms with van der Waals surface area (Å²) in [5.41, 5.74) is 0. The van der Waals surface area contributed by atoms with Crippen molar-refractivity contribution < 1.29 is 19.2 Å². The molecule has 0 aliphatic rings. The fourth-order valence-corrected chi connectivity index (χ4v) is 13.9. The maximum absolute atomic E-state index is 12.3. The molecule has 3 unspecified atom stereocenters. The van der Waals surface area contributed by atoms with Crippen molar-refractivity contribution in [3.8, 4) is 0 Å². The maximum atomic E-state index is 12.3. The lowest BCUT2D eigenvalue weighted by atomic mass is 9.90. The van der Waals surface area contributed by atoms with Gasteiger partial charge in [-0.15, -0.1) is 0 Å². The molecule has 0 rings (SSSR count). The minimum Gasteiger partial charge on any atom is -0.338 e. The Balaban J connectivity index is 0. The van der Waals surface area contributed by atoms with Crippen molar-refractivity contribution >= 4 is 23.6 Å². The third kappa shape index (κ3) is 78.7. The van der Waals surface area contributed by atoms with Crippen molar-refractivity contribution in [2.24, 2.45) is 17.8 Å². The van der Waals surface area contributed by atoms with E-state index in [1.165, 1.54) is 308 Å². The highest BCUT2D eigenvalue weighted by Gasteiger charge is 2.11. The van der Waals surface area contributed by atoms with Crippen LogP contribution < -0.4 is 21.3 Å². The van der Waals surface area contributed by atoms with Crippen molar-refractivity contribution in [3.05, 3.63) is 24.3 Å². The summed E-state index contributed by atoms with van der Waals surface area (Å²) < 4.78 is 0. The van der Waals surface area contributed by atoms with Gasteiger partial charge in [-0.25, -0.2) is 9.59 Å². The van der Waals surface area contributed by atoms with Crippen LogP contribution in [0.4, 0.5) is 9.59 Å². The number of carbonyl (C=O) groups is 4. The molecule has 4 amide bonds. The van der Waals surface area contributed by atoms with E-state index in [2.05, 4.69) is 94.0 Å². The Hall–Kier alpha value is -2.64. The van der Waals surface area contributed by atoms with Gasteiger partial charge >= 0.3 is 12.1 Å². The van der Waals surface area contributed by atoms with Crippen molar-refractivity contribution in [3.63, 3.8) is 0 Å². The molecule has 0 aromatic rings. The number of allylic oxidation sites excluding steroid dienone is 4. The normalized spacial score (nSPS) is 12.5. The van der Waals surface area contributed by atoms with Crippen LogP contribution in [0.5, 0.6) is 0 Å². The Morgan fingerprint density at radius 1 is 0.219 bits per heavy atom. The van der Waals surface area contributed by atoms with Gasteiger partial charge in [-0.3, -0.25) is 9.59 Å². The van der Waals surface area contributed by atoms with Crippen molar-refractivity contribution in [1.29, 1.82) is 0 Å². The zero-order valence-electron chi connectivity index (χ0n) is 66.2. The highest BCUT2D eigenvalue weighted by molar-refractivity contribution is 5.78. The van der Waals surface area contributed by atoms with Crippen molar-refractivity contribution in [2.45, 2.75) is 472 Å². The zero-order valence-corrected chi connectivity index (χ0v) is 66.2. The van der Waals surface area contributed by atoms with E-state index in [1.54, 1.807) is 0 Å². The van der Waals surface area contributed by atoms with E-state index in [4.69, 9.17) is 0 Å². The molecule has 0 saturated heterocycles. The van der Waals surface area contributed by atoms with Gasteiger partial charge in [0.15, 0.2) is 0 Å². The first-order chi connectivity index (χ1) is 47.2. The molecule has 0 saturated carbocycles. The molecular formula is C88H172N4O4. The third-order valence-electron chi connectivity index (χ3n) is 20.8. The molecule has 0 aliphatic carbocycles. The average Bonchev–Trinajstić information content (AvgIpc) is 3.81. The lowest BCUT2D eigenvalue weighted by molar-refractivity contribution is -0.120. The van der Waals surface area contributed by atoms with Crippen LogP contribution in [0, 0.1) is 17.8 Å². The fourth-order valence-electron chi connectivity index (χ4n) is 13.9. The molecule has 0 aliphatic heterocycles. The molecule has 0 spiro atoms. The Labute approximate surface area is 601 Å². The maximum Gasteiger partial charge on any atom is 0.314 e. The first-order valence-corrected chi connectivity index (χ1v) is 43.6. The van der Waals surface area contributed by atoms with Crippen molar-refractivity contribution in [2.75, 3.05) is 26.2 Å². The number of amides is 4. The lowest BCUT2D eigenvalue weighted by Gasteiger charge is -2.17. The van der Waals surface area contributed by atoms with Gasteiger partial charge < -0.3 is 21.3 Å². The number of carbonyl (C=O) groups excluding carboxylic acids is 4. The molecule has 0 heterocycles. The highest BCUT2D eigenvalue weighted by Crippen LogP contribution is 2.26. The summed E-state index contributed by atoms with van der Waals surface area (Å²) in [6.07, 6.45) is 93.1. The first-order valence-electron chi connectivity index (χ1n) is 43.6. The van der Waals surface area contributed by atoms with E-state index in [1.807, 2.05) is 0 Å². The van der Waals surface area contributed by atoms with Gasteiger partial charge in [0.05, 0.1) is 0 Å². The molecule has 0 radical (unpaired) electrons. The standard InChI is InChI=1S/C58H114N2O2.C30H58N2O2/c1-6-11-13-15-16-17-18-19-20-21-22-23-24-25-26-28-40-50-57(61)51-41-29-27-34-42-52-59-58(62)60-53-43-49-56(10-5)48-39-33-32-38-47-55(9-4)46-37-31-30-36-45-54(8-3)44-35-14-12-7-2;1-3-5-6-7-8-9-10-11-12-13-14-15-16-17-20-23-27-31-30(34)32-28-24-21-18-19-22-26-29(33)25-4-2/h19-20,54-56H,6-18,21-53H2,1-5H3,(H2,59,60,62);11-12H,3-10,13-28H2,1-2H3,(H2,31,32,34)/b20-19-;12-11-. The summed E-state index contributed by atoms with van der Waals surface area (Å²) in [6.45, 7) is 19.1. The van der Waals surface area contributed by atoms with Crippen LogP contribution in [-0.4, -0.2) is 49.8 Å². The summed E-state index contributed by atoms with van der Waals surface area (Å²) in [4.78, 5) is 47.9. The first kappa shape index (κ1) is 95.4. The van der Waals surface area contributed by atoms with E-state index in [-0.39, 0.29) is 12.1 Å². The van der Waals surface area contributed by atoms with Gasteiger partial charge in [0, 0.05) is 51.9 Å². The Morgan fingerprint density at radius 2 is 0.427 bits per heavy atom.